The number of nitrogens with zero attached hydrogens (tertiary/aromatic N) is 3. The Bertz CT molecular complexity index is 1190. The Kier molecular flexibility index (Phi) is 4.08. The third kappa shape index (κ3) is 2.86. The van der Waals surface area contributed by atoms with Gasteiger partial charge in [-0.3, -0.25) is 4.79 Å². The van der Waals surface area contributed by atoms with Crippen molar-refractivity contribution in [2.45, 2.75) is 18.8 Å². The van der Waals surface area contributed by atoms with Crippen molar-refractivity contribution in [2.24, 2.45) is 0 Å². The van der Waals surface area contributed by atoms with E-state index in [1.807, 2.05) is 42.5 Å². The van der Waals surface area contributed by atoms with Gasteiger partial charge in [-0.1, -0.05) is 18.2 Å². The molecule has 0 bridgehead atoms. The molecule has 2 aromatic carbocycles. The molecule has 146 valence electrons. The lowest BCUT2D eigenvalue weighted by atomic mass is 9.82. The van der Waals surface area contributed by atoms with Gasteiger partial charge in [-0.15, -0.1) is 0 Å². The highest BCUT2D eigenvalue weighted by Crippen LogP contribution is 2.37. The minimum absolute atomic E-state index is 0.0367. The van der Waals surface area contributed by atoms with Crippen LogP contribution in [0.25, 0.3) is 17.0 Å². The number of H-pyrrole nitrogens is 1. The number of aromatic amines is 1. The summed E-state index contributed by atoms with van der Waals surface area (Å²) in [7, 11) is 3.22. The zero-order chi connectivity index (χ0) is 20.0. The topological polar surface area (TPSA) is 82.0 Å². The number of hydrogen-bond donors (Lipinski definition) is 1. The Balaban J connectivity index is 1.54. The molecule has 0 spiro atoms. The second kappa shape index (κ2) is 6.77. The van der Waals surface area contributed by atoms with Crippen LogP contribution < -0.4 is 9.47 Å². The van der Waals surface area contributed by atoms with Gasteiger partial charge in [0.1, 0.15) is 0 Å². The van der Waals surface area contributed by atoms with Gasteiger partial charge in [0.25, 0.3) is 0 Å². The zero-order valence-electron chi connectivity index (χ0n) is 16.2. The number of imidazole rings is 1. The first-order valence-electron chi connectivity index (χ1n) is 9.45. The van der Waals surface area contributed by atoms with Crippen LogP contribution in [0.2, 0.25) is 0 Å². The van der Waals surface area contributed by atoms with Gasteiger partial charge in [0.15, 0.2) is 17.3 Å². The lowest BCUT2D eigenvalue weighted by Gasteiger charge is -2.23. The Hall–Kier alpha value is -3.61. The molecule has 4 aromatic rings. The molecular formula is C22H20N4O3. The van der Waals surface area contributed by atoms with Gasteiger partial charge in [0.2, 0.25) is 5.95 Å². The first kappa shape index (κ1) is 17.5. The van der Waals surface area contributed by atoms with Crippen LogP contribution in [0, 0.1) is 0 Å². The highest BCUT2D eigenvalue weighted by Gasteiger charge is 2.31. The van der Waals surface area contributed by atoms with Crippen molar-refractivity contribution < 1.29 is 14.3 Å². The molecule has 1 atom stereocenters. The van der Waals surface area contributed by atoms with E-state index in [1.54, 1.807) is 25.1 Å². The SMILES string of the molecule is COc1ccc([C@H]2CC(=O)c3cnn(-c4nc5ccccc5[nH]4)c3C2)cc1OC. The number of hydrogen-bond acceptors (Lipinski definition) is 5. The lowest BCUT2D eigenvalue weighted by Crippen LogP contribution is -2.20. The molecule has 5 rings (SSSR count). The largest absolute Gasteiger partial charge is 0.493 e. The van der Waals surface area contributed by atoms with Crippen molar-refractivity contribution in [3.63, 3.8) is 0 Å². The molecule has 2 aromatic heterocycles. The van der Waals surface area contributed by atoms with Crippen LogP contribution in [0.5, 0.6) is 11.5 Å². The Morgan fingerprint density at radius 3 is 2.69 bits per heavy atom. The molecule has 0 saturated carbocycles. The number of rotatable bonds is 4. The minimum Gasteiger partial charge on any atom is -0.493 e. The molecule has 1 aliphatic rings. The predicted octanol–water partition coefficient (Wildman–Crippen LogP) is 3.68. The Morgan fingerprint density at radius 1 is 1.07 bits per heavy atom. The van der Waals surface area contributed by atoms with Gasteiger partial charge in [-0.05, 0) is 42.2 Å². The van der Waals surface area contributed by atoms with Crippen molar-refractivity contribution in [3.05, 3.63) is 65.5 Å². The summed E-state index contributed by atoms with van der Waals surface area (Å²) in [6.07, 6.45) is 2.78. The number of ketones is 1. The number of nitrogens with one attached hydrogen (secondary N) is 1. The number of carbonyl (C=O) groups excluding carboxylic acids is 1. The van der Waals surface area contributed by atoms with E-state index in [-0.39, 0.29) is 11.7 Å². The molecular weight excluding hydrogens is 368 g/mol. The van der Waals surface area contributed by atoms with Gasteiger partial charge >= 0.3 is 0 Å². The van der Waals surface area contributed by atoms with Gasteiger partial charge in [-0.25, -0.2) is 9.67 Å². The van der Waals surface area contributed by atoms with Crippen LogP contribution in [0.4, 0.5) is 0 Å². The number of benzene rings is 2. The van der Waals surface area contributed by atoms with Crippen molar-refractivity contribution in [1.82, 2.24) is 19.7 Å². The number of methoxy groups -OCH3 is 2. The summed E-state index contributed by atoms with van der Waals surface area (Å²) in [5.74, 6) is 2.08. The molecule has 7 heteroatoms. The monoisotopic (exact) mass is 388 g/mol. The molecule has 1 N–H and O–H groups in total. The van der Waals surface area contributed by atoms with Crippen LogP contribution in [-0.4, -0.2) is 39.8 Å². The quantitative estimate of drug-likeness (QED) is 0.577. The van der Waals surface area contributed by atoms with E-state index in [0.29, 0.717) is 35.9 Å². The minimum atomic E-state index is 0.0367. The fourth-order valence-corrected chi connectivity index (χ4v) is 4.01. The number of ether oxygens (including phenoxy) is 2. The summed E-state index contributed by atoms with van der Waals surface area (Å²) in [6.45, 7) is 0. The van der Waals surface area contributed by atoms with Crippen LogP contribution in [-0.2, 0) is 6.42 Å². The first-order chi connectivity index (χ1) is 14.2. The molecule has 0 radical (unpaired) electrons. The fraction of sp³-hybridized carbons (Fsp3) is 0.227. The van der Waals surface area contributed by atoms with Gasteiger partial charge in [-0.2, -0.15) is 5.10 Å². The third-order valence-electron chi connectivity index (χ3n) is 5.50. The molecule has 2 heterocycles. The van der Waals surface area contributed by atoms with E-state index in [2.05, 4.69) is 15.1 Å². The van der Waals surface area contributed by atoms with E-state index in [0.717, 1.165) is 22.3 Å². The van der Waals surface area contributed by atoms with Crippen LogP contribution >= 0.6 is 0 Å². The molecule has 29 heavy (non-hydrogen) atoms. The second-order valence-electron chi connectivity index (χ2n) is 7.14. The standard InChI is InChI=1S/C22H20N4O3/c1-28-20-8-7-13(11-21(20)29-2)14-9-18-15(19(27)10-14)12-23-26(18)22-24-16-5-3-4-6-17(16)25-22/h3-8,11-12,14H,9-10H2,1-2H3,(H,24,25)/t14-/m1/s1. The van der Waals surface area contributed by atoms with Crippen LogP contribution in [0.3, 0.4) is 0 Å². The Labute approximate surface area is 167 Å². The molecule has 0 aliphatic heterocycles. The maximum Gasteiger partial charge on any atom is 0.229 e. The summed E-state index contributed by atoms with van der Waals surface area (Å²) in [4.78, 5) is 20.7. The van der Waals surface area contributed by atoms with E-state index < -0.39 is 0 Å². The van der Waals surface area contributed by atoms with E-state index >= 15 is 0 Å². The molecule has 1 aliphatic carbocycles. The summed E-state index contributed by atoms with van der Waals surface area (Å²) in [6, 6.07) is 13.6. The van der Waals surface area contributed by atoms with Crippen molar-refractivity contribution in [2.75, 3.05) is 14.2 Å². The average molecular weight is 388 g/mol. The highest BCUT2D eigenvalue weighted by molar-refractivity contribution is 5.98. The number of para-hydroxylation sites is 2. The fourth-order valence-electron chi connectivity index (χ4n) is 4.01. The van der Waals surface area contributed by atoms with E-state index in [9.17, 15) is 4.79 Å². The summed E-state index contributed by atoms with van der Waals surface area (Å²) < 4.78 is 12.5. The maximum absolute atomic E-state index is 12.8. The molecule has 0 fully saturated rings. The third-order valence-corrected chi connectivity index (χ3v) is 5.50. The number of carbonyl (C=O) groups is 1. The van der Waals surface area contributed by atoms with Crippen molar-refractivity contribution >= 4 is 16.8 Å². The number of Topliss-reactive ketones (excluding diaryl/α,β-unsaturated/α-hetero) is 1. The number of aromatic nitrogens is 4. The van der Waals surface area contributed by atoms with E-state index in [1.165, 1.54) is 0 Å². The van der Waals surface area contributed by atoms with E-state index in [4.69, 9.17) is 9.47 Å². The van der Waals surface area contributed by atoms with Gasteiger partial charge in [0, 0.05) is 6.42 Å². The summed E-state index contributed by atoms with van der Waals surface area (Å²) in [5.41, 5.74) is 4.39. The normalized spacial score (nSPS) is 16.1. The predicted molar refractivity (Wildman–Crippen MR) is 108 cm³/mol. The van der Waals surface area contributed by atoms with Crippen LogP contribution in [0.15, 0.2) is 48.7 Å². The smallest absolute Gasteiger partial charge is 0.229 e. The molecule has 0 amide bonds. The van der Waals surface area contributed by atoms with Gasteiger partial charge in [0.05, 0.1) is 42.7 Å². The summed E-state index contributed by atoms with van der Waals surface area (Å²) in [5, 5.41) is 4.46. The Morgan fingerprint density at radius 2 is 1.90 bits per heavy atom. The average Bonchev–Trinajstić information content (AvgIpc) is 3.37. The maximum atomic E-state index is 12.8. The first-order valence-corrected chi connectivity index (χ1v) is 9.45. The zero-order valence-corrected chi connectivity index (χ0v) is 16.2. The summed E-state index contributed by atoms with van der Waals surface area (Å²) >= 11 is 0. The number of fused-ring (bicyclic) bond motifs is 2. The van der Waals surface area contributed by atoms with Crippen molar-refractivity contribution in [1.29, 1.82) is 0 Å². The van der Waals surface area contributed by atoms with Crippen LogP contribution in [0.1, 0.15) is 34.0 Å². The van der Waals surface area contributed by atoms with Crippen molar-refractivity contribution in [3.8, 4) is 17.4 Å². The molecule has 0 unspecified atom stereocenters. The van der Waals surface area contributed by atoms with Gasteiger partial charge < -0.3 is 14.5 Å². The lowest BCUT2D eigenvalue weighted by molar-refractivity contribution is 0.0963. The highest BCUT2D eigenvalue weighted by atomic mass is 16.5. The molecule has 0 saturated heterocycles. The second-order valence-corrected chi connectivity index (χ2v) is 7.14. The molecule has 7 nitrogen and oxygen atoms in total.